The first kappa shape index (κ1) is 9.15. The van der Waals surface area contributed by atoms with Crippen LogP contribution in [-0.2, 0) is 0 Å². The molecule has 0 N–H and O–H groups in total. The number of carbonyl (C=O) groups excluding carboxylic acids is 1. The van der Waals surface area contributed by atoms with Gasteiger partial charge in [-0.15, -0.1) is 11.3 Å². The largest absolute Gasteiger partial charge is 0.337 e. The van der Waals surface area contributed by atoms with Gasteiger partial charge in [-0.25, -0.2) is 4.98 Å². The Bertz CT molecular complexity index is 333. The molecule has 1 aliphatic rings. The van der Waals surface area contributed by atoms with Crippen LogP contribution in [0.2, 0.25) is 0 Å². The van der Waals surface area contributed by atoms with Crippen LogP contribution in [0.1, 0.15) is 16.6 Å². The topological polar surface area (TPSA) is 33.2 Å². The Kier molecular flexibility index (Phi) is 2.38. The van der Waals surface area contributed by atoms with Gasteiger partial charge in [0.15, 0.2) is 0 Å². The van der Waals surface area contributed by atoms with Gasteiger partial charge in [-0.3, -0.25) is 4.79 Å². The minimum absolute atomic E-state index is 0.104. The van der Waals surface area contributed by atoms with Crippen molar-refractivity contribution in [3.63, 3.8) is 0 Å². The van der Waals surface area contributed by atoms with E-state index in [1.807, 2.05) is 4.90 Å². The number of halogens is 1. The summed E-state index contributed by atoms with van der Waals surface area (Å²) in [5.41, 5.74) is 1.68. The molecule has 0 bridgehead atoms. The van der Waals surface area contributed by atoms with Crippen molar-refractivity contribution in [2.24, 2.45) is 5.92 Å². The second kappa shape index (κ2) is 3.38. The molecule has 1 aliphatic heterocycles. The smallest absolute Gasteiger partial charge is 0.266 e. The molecule has 1 aromatic rings. The predicted molar refractivity (Wildman–Crippen MR) is 54.9 cm³/mol. The van der Waals surface area contributed by atoms with Crippen molar-refractivity contribution >= 4 is 33.2 Å². The van der Waals surface area contributed by atoms with E-state index in [4.69, 9.17) is 0 Å². The standard InChI is InChI=1S/C8H9BrN2OS/c1-5-2-11(3-5)8(12)6-7(9)10-4-13-6/h4-5H,2-3H2,1H3. The van der Waals surface area contributed by atoms with E-state index in [0.29, 0.717) is 15.4 Å². The summed E-state index contributed by atoms with van der Waals surface area (Å²) < 4.78 is 0.669. The lowest BCUT2D eigenvalue weighted by molar-refractivity contribution is 0.0534. The van der Waals surface area contributed by atoms with Gasteiger partial charge < -0.3 is 4.90 Å². The van der Waals surface area contributed by atoms with Gasteiger partial charge in [-0.1, -0.05) is 6.92 Å². The molecule has 2 heterocycles. The summed E-state index contributed by atoms with van der Waals surface area (Å²) in [7, 11) is 0. The number of amides is 1. The van der Waals surface area contributed by atoms with E-state index in [-0.39, 0.29) is 5.91 Å². The Morgan fingerprint density at radius 3 is 2.92 bits per heavy atom. The normalized spacial score (nSPS) is 17.2. The van der Waals surface area contributed by atoms with Crippen molar-refractivity contribution in [1.29, 1.82) is 0 Å². The highest BCUT2D eigenvalue weighted by atomic mass is 79.9. The summed E-state index contributed by atoms with van der Waals surface area (Å²) in [6.45, 7) is 3.90. The molecular formula is C8H9BrN2OS. The third-order valence-electron chi connectivity index (χ3n) is 2.07. The SMILES string of the molecule is CC1CN(C(=O)c2scnc2Br)C1. The fourth-order valence-electron chi connectivity index (χ4n) is 1.38. The molecule has 1 fully saturated rings. The van der Waals surface area contributed by atoms with Crippen molar-refractivity contribution < 1.29 is 4.79 Å². The van der Waals surface area contributed by atoms with Crippen molar-refractivity contribution in [1.82, 2.24) is 9.88 Å². The number of aromatic nitrogens is 1. The average Bonchev–Trinajstić information content (AvgIpc) is 2.44. The van der Waals surface area contributed by atoms with E-state index in [9.17, 15) is 4.79 Å². The number of hydrogen-bond acceptors (Lipinski definition) is 3. The van der Waals surface area contributed by atoms with Crippen LogP contribution in [0, 0.1) is 5.92 Å². The van der Waals surface area contributed by atoms with Crippen molar-refractivity contribution in [2.45, 2.75) is 6.92 Å². The highest BCUT2D eigenvalue weighted by Gasteiger charge is 2.29. The number of hydrogen-bond donors (Lipinski definition) is 0. The lowest BCUT2D eigenvalue weighted by atomic mass is 10.0. The van der Waals surface area contributed by atoms with E-state index < -0.39 is 0 Å². The summed E-state index contributed by atoms with van der Waals surface area (Å²) in [5.74, 6) is 0.753. The third-order valence-corrected chi connectivity index (χ3v) is 3.75. The quantitative estimate of drug-likeness (QED) is 0.774. The molecule has 0 atom stereocenters. The van der Waals surface area contributed by atoms with Crippen LogP contribution in [-0.4, -0.2) is 28.9 Å². The first-order chi connectivity index (χ1) is 6.18. The molecule has 13 heavy (non-hydrogen) atoms. The summed E-state index contributed by atoms with van der Waals surface area (Å²) in [6, 6.07) is 0. The van der Waals surface area contributed by atoms with Crippen LogP contribution < -0.4 is 0 Å². The molecule has 1 aromatic heterocycles. The lowest BCUT2D eigenvalue weighted by Gasteiger charge is -2.36. The van der Waals surface area contributed by atoms with Gasteiger partial charge >= 0.3 is 0 Å². The molecular weight excluding hydrogens is 252 g/mol. The molecule has 0 saturated carbocycles. The van der Waals surface area contributed by atoms with Crippen LogP contribution in [0.5, 0.6) is 0 Å². The van der Waals surface area contributed by atoms with Gasteiger partial charge in [0.25, 0.3) is 5.91 Å². The van der Waals surface area contributed by atoms with Gasteiger partial charge in [0.2, 0.25) is 0 Å². The van der Waals surface area contributed by atoms with E-state index in [0.717, 1.165) is 13.1 Å². The monoisotopic (exact) mass is 260 g/mol. The van der Waals surface area contributed by atoms with E-state index >= 15 is 0 Å². The first-order valence-electron chi connectivity index (χ1n) is 4.06. The second-order valence-electron chi connectivity index (χ2n) is 3.29. The van der Waals surface area contributed by atoms with Crippen LogP contribution in [0.3, 0.4) is 0 Å². The predicted octanol–water partition coefficient (Wildman–Crippen LogP) is 2.00. The summed E-state index contributed by atoms with van der Waals surface area (Å²) in [5, 5.41) is 0. The number of nitrogens with zero attached hydrogens (tertiary/aromatic N) is 2. The molecule has 1 saturated heterocycles. The lowest BCUT2D eigenvalue weighted by Crippen LogP contribution is -2.48. The minimum Gasteiger partial charge on any atom is -0.337 e. The molecule has 2 rings (SSSR count). The summed E-state index contributed by atoms with van der Waals surface area (Å²) in [6.07, 6.45) is 0. The fraction of sp³-hybridized carbons (Fsp3) is 0.500. The molecule has 0 spiro atoms. The van der Waals surface area contributed by atoms with E-state index in [1.54, 1.807) is 5.51 Å². The number of thiazole rings is 1. The van der Waals surface area contributed by atoms with E-state index in [2.05, 4.69) is 27.8 Å². The van der Waals surface area contributed by atoms with Gasteiger partial charge in [-0.2, -0.15) is 0 Å². The maximum absolute atomic E-state index is 11.7. The van der Waals surface area contributed by atoms with Crippen molar-refractivity contribution in [3.8, 4) is 0 Å². The highest BCUT2D eigenvalue weighted by Crippen LogP contribution is 2.24. The van der Waals surface area contributed by atoms with E-state index in [1.165, 1.54) is 11.3 Å². The zero-order valence-corrected chi connectivity index (χ0v) is 9.56. The molecule has 0 unspecified atom stereocenters. The maximum atomic E-state index is 11.7. The minimum atomic E-state index is 0.104. The maximum Gasteiger partial charge on any atom is 0.266 e. The van der Waals surface area contributed by atoms with Crippen LogP contribution in [0.25, 0.3) is 0 Å². The van der Waals surface area contributed by atoms with Crippen LogP contribution >= 0.6 is 27.3 Å². The molecule has 0 aliphatic carbocycles. The molecule has 0 aromatic carbocycles. The number of likely N-dealkylation sites (tertiary alicyclic amines) is 1. The van der Waals surface area contributed by atoms with Gasteiger partial charge in [0, 0.05) is 13.1 Å². The summed E-state index contributed by atoms with van der Waals surface area (Å²) >= 11 is 4.64. The van der Waals surface area contributed by atoms with Crippen LogP contribution in [0.4, 0.5) is 0 Å². The van der Waals surface area contributed by atoms with Crippen LogP contribution in [0.15, 0.2) is 10.1 Å². The Morgan fingerprint density at radius 1 is 1.77 bits per heavy atom. The summed E-state index contributed by atoms with van der Waals surface area (Å²) in [4.78, 5) is 18.3. The Hall–Kier alpha value is -0.420. The highest BCUT2D eigenvalue weighted by molar-refractivity contribution is 9.10. The van der Waals surface area contributed by atoms with Gasteiger partial charge in [0.05, 0.1) is 5.51 Å². The molecule has 3 nitrogen and oxygen atoms in total. The Labute approximate surface area is 88.9 Å². The average molecular weight is 261 g/mol. The van der Waals surface area contributed by atoms with Crippen molar-refractivity contribution in [3.05, 3.63) is 15.0 Å². The zero-order chi connectivity index (χ0) is 9.42. The molecule has 0 radical (unpaired) electrons. The second-order valence-corrected chi connectivity index (χ2v) is 4.89. The van der Waals surface area contributed by atoms with Gasteiger partial charge in [-0.05, 0) is 21.8 Å². The Morgan fingerprint density at radius 2 is 2.46 bits per heavy atom. The van der Waals surface area contributed by atoms with Crippen molar-refractivity contribution in [2.75, 3.05) is 13.1 Å². The molecule has 5 heteroatoms. The first-order valence-corrected chi connectivity index (χ1v) is 5.74. The Balaban J connectivity index is 2.10. The van der Waals surface area contributed by atoms with Gasteiger partial charge in [0.1, 0.15) is 9.48 Å². The third kappa shape index (κ3) is 1.62. The number of rotatable bonds is 1. The zero-order valence-electron chi connectivity index (χ0n) is 7.16. The fourth-order valence-corrected chi connectivity index (χ4v) is 2.71. The molecule has 1 amide bonds. The molecule has 70 valence electrons. The number of carbonyl (C=O) groups is 1.